The molecule has 2 heterocycles. The van der Waals surface area contributed by atoms with Crippen LogP contribution in [0, 0.1) is 0 Å². The van der Waals surface area contributed by atoms with Gasteiger partial charge < -0.3 is 14.8 Å². The Hall–Kier alpha value is -2.63. The number of imidazole rings is 1. The minimum Gasteiger partial charge on any atom is -0.352 e. The summed E-state index contributed by atoms with van der Waals surface area (Å²) in [5, 5.41) is 2.87. The van der Waals surface area contributed by atoms with Crippen molar-refractivity contribution in [1.29, 1.82) is 0 Å². The van der Waals surface area contributed by atoms with Gasteiger partial charge in [-0.05, 0) is 58.1 Å². The summed E-state index contributed by atoms with van der Waals surface area (Å²) in [7, 11) is 0. The lowest BCUT2D eigenvalue weighted by molar-refractivity contribution is -0.135. The zero-order valence-electron chi connectivity index (χ0n) is 18.3. The van der Waals surface area contributed by atoms with E-state index in [9.17, 15) is 9.59 Å². The van der Waals surface area contributed by atoms with Crippen LogP contribution in [0.25, 0.3) is 11.0 Å². The van der Waals surface area contributed by atoms with Gasteiger partial charge in [-0.3, -0.25) is 9.59 Å². The van der Waals surface area contributed by atoms with E-state index >= 15 is 0 Å². The molecule has 1 aromatic heterocycles. The maximum atomic E-state index is 13.0. The van der Waals surface area contributed by atoms with Crippen molar-refractivity contribution in [3.05, 3.63) is 42.2 Å². The van der Waals surface area contributed by atoms with E-state index in [1.165, 1.54) is 6.42 Å². The summed E-state index contributed by atoms with van der Waals surface area (Å²) >= 11 is 0. The smallest absolute Gasteiger partial charge is 0.246 e. The standard InChI is InChI=1S/C24H34N4O2/c1-18(2)24(30)25-15-9-4-5-14-22-26-20-12-6-7-13-21(20)28(22)17-23(29)27-16-10-8-11-19(27)3/h6-7,12-13,19H,1,4-5,8-11,14-17H2,2-3H3,(H,25,30). The molecule has 1 N–H and O–H groups in total. The first kappa shape index (κ1) is 22.1. The molecule has 1 aliphatic rings. The molecule has 0 radical (unpaired) electrons. The van der Waals surface area contributed by atoms with Crippen LogP contribution in [0.2, 0.25) is 0 Å². The van der Waals surface area contributed by atoms with Gasteiger partial charge in [-0.25, -0.2) is 4.98 Å². The number of fused-ring (bicyclic) bond motifs is 1. The van der Waals surface area contributed by atoms with Crippen molar-refractivity contribution in [2.24, 2.45) is 0 Å². The molecule has 6 heteroatoms. The van der Waals surface area contributed by atoms with Gasteiger partial charge in [0.1, 0.15) is 12.4 Å². The van der Waals surface area contributed by atoms with Crippen LogP contribution in [-0.2, 0) is 22.6 Å². The van der Waals surface area contributed by atoms with Gasteiger partial charge in [0, 0.05) is 31.1 Å². The second kappa shape index (κ2) is 10.4. The molecule has 3 rings (SSSR count). The Bertz CT molecular complexity index is 902. The molecule has 6 nitrogen and oxygen atoms in total. The van der Waals surface area contributed by atoms with Crippen LogP contribution >= 0.6 is 0 Å². The van der Waals surface area contributed by atoms with Gasteiger partial charge in [0.25, 0.3) is 0 Å². The van der Waals surface area contributed by atoms with Gasteiger partial charge in [0.15, 0.2) is 0 Å². The summed E-state index contributed by atoms with van der Waals surface area (Å²) in [5.41, 5.74) is 2.51. The molecule has 1 unspecified atom stereocenters. The fourth-order valence-corrected chi connectivity index (χ4v) is 4.13. The highest BCUT2D eigenvalue weighted by molar-refractivity contribution is 5.92. The van der Waals surface area contributed by atoms with Crippen LogP contribution < -0.4 is 5.32 Å². The van der Waals surface area contributed by atoms with Crippen LogP contribution in [-0.4, -0.2) is 45.4 Å². The number of unbranched alkanes of at least 4 members (excludes halogenated alkanes) is 2. The number of carbonyl (C=O) groups is 2. The minimum absolute atomic E-state index is 0.0813. The molecular formula is C24H34N4O2. The number of likely N-dealkylation sites (tertiary alicyclic amines) is 1. The highest BCUT2D eigenvalue weighted by Crippen LogP contribution is 2.21. The summed E-state index contributed by atoms with van der Waals surface area (Å²) < 4.78 is 2.10. The number of hydrogen-bond donors (Lipinski definition) is 1. The average molecular weight is 411 g/mol. The summed E-state index contributed by atoms with van der Waals surface area (Å²) in [6.07, 6.45) is 7.10. The third-order valence-corrected chi connectivity index (χ3v) is 5.90. The highest BCUT2D eigenvalue weighted by atomic mass is 16.2. The van der Waals surface area contributed by atoms with Crippen molar-refractivity contribution < 1.29 is 9.59 Å². The van der Waals surface area contributed by atoms with Crippen molar-refractivity contribution >= 4 is 22.8 Å². The van der Waals surface area contributed by atoms with Crippen LogP contribution in [0.4, 0.5) is 0 Å². The Kier molecular flexibility index (Phi) is 7.66. The number of nitrogens with one attached hydrogen (secondary N) is 1. The maximum Gasteiger partial charge on any atom is 0.246 e. The molecule has 0 saturated carbocycles. The molecule has 0 bridgehead atoms. The molecule has 1 aromatic carbocycles. The van der Waals surface area contributed by atoms with Crippen molar-refractivity contribution in [3.8, 4) is 0 Å². The monoisotopic (exact) mass is 410 g/mol. The second-order valence-electron chi connectivity index (χ2n) is 8.38. The number of nitrogens with zero attached hydrogens (tertiary/aromatic N) is 3. The van der Waals surface area contributed by atoms with E-state index in [2.05, 4.69) is 23.4 Å². The van der Waals surface area contributed by atoms with Gasteiger partial charge in [0.2, 0.25) is 11.8 Å². The Morgan fingerprint density at radius 2 is 2.00 bits per heavy atom. The lowest BCUT2D eigenvalue weighted by Crippen LogP contribution is -2.43. The molecule has 1 aliphatic heterocycles. The summed E-state index contributed by atoms with van der Waals surface area (Å²) in [4.78, 5) is 31.4. The third kappa shape index (κ3) is 5.49. The lowest BCUT2D eigenvalue weighted by Gasteiger charge is -2.33. The van der Waals surface area contributed by atoms with Gasteiger partial charge in [-0.1, -0.05) is 25.1 Å². The quantitative estimate of drug-likeness (QED) is 0.504. The molecular weight excluding hydrogens is 376 g/mol. The number of amides is 2. The van der Waals surface area contributed by atoms with Crippen LogP contribution in [0.1, 0.15) is 58.2 Å². The molecule has 2 amide bonds. The van der Waals surface area contributed by atoms with Crippen molar-refractivity contribution in [2.45, 2.75) is 71.4 Å². The van der Waals surface area contributed by atoms with Crippen molar-refractivity contribution in [3.63, 3.8) is 0 Å². The fraction of sp³-hybridized carbons (Fsp3) is 0.542. The van der Waals surface area contributed by atoms with E-state index in [0.717, 1.165) is 61.9 Å². The number of hydrogen-bond acceptors (Lipinski definition) is 3. The Labute approximate surface area is 179 Å². The van der Waals surface area contributed by atoms with E-state index in [1.54, 1.807) is 6.92 Å². The Balaban J connectivity index is 1.61. The number of para-hydroxylation sites is 2. The van der Waals surface area contributed by atoms with Crippen molar-refractivity contribution in [1.82, 2.24) is 19.8 Å². The number of carbonyl (C=O) groups excluding carboxylic acids is 2. The first-order valence-corrected chi connectivity index (χ1v) is 11.1. The largest absolute Gasteiger partial charge is 0.352 e. The molecule has 30 heavy (non-hydrogen) atoms. The van der Waals surface area contributed by atoms with E-state index in [4.69, 9.17) is 4.98 Å². The number of rotatable bonds is 9. The van der Waals surface area contributed by atoms with Gasteiger partial charge in [-0.15, -0.1) is 0 Å². The van der Waals surface area contributed by atoms with Gasteiger partial charge in [-0.2, -0.15) is 0 Å². The average Bonchev–Trinajstić information content (AvgIpc) is 3.08. The molecule has 162 valence electrons. The zero-order valence-corrected chi connectivity index (χ0v) is 18.3. The topological polar surface area (TPSA) is 67.2 Å². The highest BCUT2D eigenvalue weighted by Gasteiger charge is 2.24. The second-order valence-corrected chi connectivity index (χ2v) is 8.38. The van der Waals surface area contributed by atoms with Crippen LogP contribution in [0.3, 0.4) is 0 Å². The minimum atomic E-state index is -0.0813. The Morgan fingerprint density at radius 3 is 2.77 bits per heavy atom. The molecule has 0 spiro atoms. The molecule has 2 aromatic rings. The molecule has 1 saturated heterocycles. The SMILES string of the molecule is C=C(C)C(=O)NCCCCCc1nc2ccccc2n1CC(=O)N1CCCCC1C. The number of benzene rings is 1. The molecule has 1 fully saturated rings. The van der Waals surface area contributed by atoms with E-state index in [0.29, 0.717) is 24.7 Å². The van der Waals surface area contributed by atoms with Crippen LogP contribution in [0.15, 0.2) is 36.4 Å². The molecule has 0 aliphatic carbocycles. The van der Waals surface area contributed by atoms with Crippen LogP contribution in [0.5, 0.6) is 0 Å². The maximum absolute atomic E-state index is 13.0. The number of aryl methyl sites for hydroxylation is 1. The molecule has 1 atom stereocenters. The van der Waals surface area contributed by atoms with Gasteiger partial charge in [0.05, 0.1) is 11.0 Å². The lowest BCUT2D eigenvalue weighted by atomic mass is 10.0. The zero-order chi connectivity index (χ0) is 21.5. The summed E-state index contributed by atoms with van der Waals surface area (Å²) in [6, 6.07) is 8.37. The number of aromatic nitrogens is 2. The Morgan fingerprint density at radius 1 is 1.20 bits per heavy atom. The summed E-state index contributed by atoms with van der Waals surface area (Å²) in [6.45, 7) is 9.39. The fourth-order valence-electron chi connectivity index (χ4n) is 4.13. The predicted molar refractivity (Wildman–Crippen MR) is 120 cm³/mol. The number of piperidine rings is 1. The third-order valence-electron chi connectivity index (χ3n) is 5.90. The van der Waals surface area contributed by atoms with E-state index in [-0.39, 0.29) is 11.8 Å². The van der Waals surface area contributed by atoms with E-state index < -0.39 is 0 Å². The first-order chi connectivity index (χ1) is 14.5. The van der Waals surface area contributed by atoms with Crippen molar-refractivity contribution in [2.75, 3.05) is 13.1 Å². The van der Waals surface area contributed by atoms with Gasteiger partial charge >= 0.3 is 0 Å². The first-order valence-electron chi connectivity index (χ1n) is 11.1. The summed E-state index contributed by atoms with van der Waals surface area (Å²) in [5.74, 6) is 1.08. The normalized spacial score (nSPS) is 16.6. The predicted octanol–water partition coefficient (Wildman–Crippen LogP) is 3.84. The van der Waals surface area contributed by atoms with E-state index in [1.807, 2.05) is 29.2 Å².